The van der Waals surface area contributed by atoms with Gasteiger partial charge < -0.3 is 10.4 Å². The van der Waals surface area contributed by atoms with Crippen LogP contribution in [0.25, 0.3) is 0 Å². The smallest absolute Gasteiger partial charge is 0.320 e. The van der Waals surface area contributed by atoms with Crippen LogP contribution in [0.15, 0.2) is 0 Å². The Balaban J connectivity index is 2.19. The summed E-state index contributed by atoms with van der Waals surface area (Å²) in [6.07, 6.45) is 2.38. The van der Waals surface area contributed by atoms with Crippen molar-refractivity contribution >= 4 is 11.9 Å². The summed E-state index contributed by atoms with van der Waals surface area (Å²) < 4.78 is 0. The molecule has 0 aliphatic heterocycles. The lowest BCUT2D eigenvalue weighted by molar-refractivity contribution is -0.140. The van der Waals surface area contributed by atoms with Crippen molar-refractivity contribution in [1.82, 2.24) is 10.6 Å². The van der Waals surface area contributed by atoms with E-state index in [2.05, 4.69) is 10.6 Å². The molecule has 1 rings (SSSR count). The van der Waals surface area contributed by atoms with Crippen molar-refractivity contribution in [3.05, 3.63) is 0 Å². The second-order valence-corrected chi connectivity index (χ2v) is 4.69. The molecule has 1 atom stereocenters. The fraction of sp³-hybridized carbons (Fsp3) is 0.818. The van der Waals surface area contributed by atoms with E-state index < -0.39 is 12.0 Å². The van der Waals surface area contributed by atoms with Crippen LogP contribution < -0.4 is 10.6 Å². The van der Waals surface area contributed by atoms with Gasteiger partial charge in [0.1, 0.15) is 6.04 Å². The highest BCUT2D eigenvalue weighted by molar-refractivity contribution is 5.80. The first kappa shape index (κ1) is 13.0. The fourth-order valence-corrected chi connectivity index (χ4v) is 1.45. The maximum Gasteiger partial charge on any atom is 0.320 e. The van der Waals surface area contributed by atoms with Gasteiger partial charge in [-0.3, -0.25) is 14.9 Å². The van der Waals surface area contributed by atoms with Crippen LogP contribution in [0.5, 0.6) is 0 Å². The average molecular weight is 228 g/mol. The molecule has 0 saturated heterocycles. The Morgan fingerprint density at radius 1 is 1.38 bits per heavy atom. The van der Waals surface area contributed by atoms with Crippen LogP contribution >= 0.6 is 0 Å². The van der Waals surface area contributed by atoms with Gasteiger partial charge in [-0.25, -0.2) is 0 Å². The maximum atomic E-state index is 11.4. The molecule has 1 fully saturated rings. The number of rotatable bonds is 7. The predicted octanol–water partition coefficient (Wildman–Crippen LogP) is 0.211. The van der Waals surface area contributed by atoms with Crippen molar-refractivity contribution in [2.75, 3.05) is 13.1 Å². The maximum absolute atomic E-state index is 11.4. The average Bonchev–Trinajstić information content (AvgIpc) is 2.97. The molecule has 3 N–H and O–H groups in total. The number of hydrogen-bond acceptors (Lipinski definition) is 3. The standard InChI is InChI=1S/C11H20N2O3/c1-7(2)10(11(15)16)13-6-9(14)12-5-8-3-4-8/h7-8,10,13H,3-6H2,1-2H3,(H,12,14)(H,15,16). The molecule has 0 bridgehead atoms. The Labute approximate surface area is 95.6 Å². The van der Waals surface area contributed by atoms with Gasteiger partial charge in [0.05, 0.1) is 6.54 Å². The number of carboxylic acid groups (broad SMARTS) is 1. The van der Waals surface area contributed by atoms with Gasteiger partial charge in [0.25, 0.3) is 0 Å². The zero-order valence-corrected chi connectivity index (χ0v) is 9.82. The van der Waals surface area contributed by atoms with Gasteiger partial charge in [-0.15, -0.1) is 0 Å². The molecule has 0 aromatic carbocycles. The summed E-state index contributed by atoms with van der Waals surface area (Å²) in [6.45, 7) is 4.42. The lowest BCUT2D eigenvalue weighted by atomic mass is 10.1. The molecule has 1 amide bonds. The molecule has 5 nitrogen and oxygen atoms in total. The van der Waals surface area contributed by atoms with E-state index in [0.717, 1.165) is 6.54 Å². The molecule has 0 radical (unpaired) electrons. The Hall–Kier alpha value is -1.10. The van der Waals surface area contributed by atoms with Crippen molar-refractivity contribution in [2.45, 2.75) is 32.7 Å². The van der Waals surface area contributed by atoms with Crippen LogP contribution in [0.4, 0.5) is 0 Å². The molecule has 1 saturated carbocycles. The summed E-state index contributed by atoms with van der Waals surface area (Å²) in [5.74, 6) is -0.429. The molecule has 0 aromatic rings. The molecule has 1 aliphatic carbocycles. The van der Waals surface area contributed by atoms with Crippen LogP contribution in [0.2, 0.25) is 0 Å². The van der Waals surface area contributed by atoms with E-state index in [1.807, 2.05) is 13.8 Å². The molecule has 5 heteroatoms. The second kappa shape index (κ2) is 5.84. The Morgan fingerprint density at radius 2 is 2.00 bits per heavy atom. The number of carboxylic acids is 1. The van der Waals surface area contributed by atoms with Crippen molar-refractivity contribution in [3.63, 3.8) is 0 Å². The number of aliphatic carboxylic acids is 1. The first-order valence-electron chi connectivity index (χ1n) is 5.73. The topological polar surface area (TPSA) is 78.4 Å². The summed E-state index contributed by atoms with van der Waals surface area (Å²) in [4.78, 5) is 22.2. The monoisotopic (exact) mass is 228 g/mol. The third-order valence-corrected chi connectivity index (χ3v) is 2.70. The molecule has 1 unspecified atom stereocenters. The van der Waals surface area contributed by atoms with E-state index in [-0.39, 0.29) is 18.4 Å². The van der Waals surface area contributed by atoms with Crippen LogP contribution in [0, 0.1) is 11.8 Å². The van der Waals surface area contributed by atoms with Gasteiger partial charge in [0.2, 0.25) is 5.91 Å². The summed E-state index contributed by atoms with van der Waals surface area (Å²) in [5.41, 5.74) is 0. The zero-order valence-electron chi connectivity index (χ0n) is 9.82. The normalized spacial score (nSPS) is 17.2. The molecule has 0 spiro atoms. The first-order chi connectivity index (χ1) is 7.50. The van der Waals surface area contributed by atoms with Crippen LogP contribution in [0.1, 0.15) is 26.7 Å². The lowest BCUT2D eigenvalue weighted by Crippen LogP contribution is -2.46. The summed E-state index contributed by atoms with van der Waals surface area (Å²) in [5, 5.41) is 14.4. The number of nitrogens with one attached hydrogen (secondary N) is 2. The Bertz CT molecular complexity index is 262. The molecule has 16 heavy (non-hydrogen) atoms. The van der Waals surface area contributed by atoms with E-state index in [0.29, 0.717) is 5.92 Å². The van der Waals surface area contributed by atoms with E-state index in [1.165, 1.54) is 12.8 Å². The third kappa shape index (κ3) is 4.61. The van der Waals surface area contributed by atoms with E-state index in [1.54, 1.807) is 0 Å². The number of hydrogen-bond donors (Lipinski definition) is 3. The number of carbonyl (C=O) groups excluding carboxylic acids is 1. The summed E-state index contributed by atoms with van der Waals surface area (Å²) >= 11 is 0. The van der Waals surface area contributed by atoms with Gasteiger partial charge in [-0.1, -0.05) is 13.8 Å². The van der Waals surface area contributed by atoms with Gasteiger partial charge in [0.15, 0.2) is 0 Å². The van der Waals surface area contributed by atoms with E-state index >= 15 is 0 Å². The minimum Gasteiger partial charge on any atom is -0.480 e. The predicted molar refractivity (Wildman–Crippen MR) is 60.0 cm³/mol. The van der Waals surface area contributed by atoms with Gasteiger partial charge in [-0.05, 0) is 24.7 Å². The lowest BCUT2D eigenvalue weighted by Gasteiger charge is -2.17. The first-order valence-corrected chi connectivity index (χ1v) is 5.73. The fourth-order valence-electron chi connectivity index (χ4n) is 1.45. The third-order valence-electron chi connectivity index (χ3n) is 2.70. The van der Waals surface area contributed by atoms with Crippen molar-refractivity contribution in [2.24, 2.45) is 11.8 Å². The van der Waals surface area contributed by atoms with Crippen LogP contribution in [-0.4, -0.2) is 36.1 Å². The summed E-state index contributed by atoms with van der Waals surface area (Å²) in [6, 6.07) is -0.660. The Kier molecular flexibility index (Phi) is 4.73. The van der Waals surface area contributed by atoms with Gasteiger partial charge >= 0.3 is 5.97 Å². The minimum absolute atomic E-state index is 0.0336. The molecular weight excluding hydrogens is 208 g/mol. The van der Waals surface area contributed by atoms with E-state index in [9.17, 15) is 9.59 Å². The highest BCUT2D eigenvalue weighted by Crippen LogP contribution is 2.27. The quantitative estimate of drug-likeness (QED) is 0.582. The SMILES string of the molecule is CC(C)C(NCC(=O)NCC1CC1)C(=O)O. The molecular formula is C11H20N2O3. The van der Waals surface area contributed by atoms with Crippen molar-refractivity contribution < 1.29 is 14.7 Å². The van der Waals surface area contributed by atoms with Crippen LogP contribution in [0.3, 0.4) is 0 Å². The van der Waals surface area contributed by atoms with Gasteiger partial charge in [-0.2, -0.15) is 0 Å². The highest BCUT2D eigenvalue weighted by atomic mass is 16.4. The Morgan fingerprint density at radius 3 is 2.44 bits per heavy atom. The van der Waals surface area contributed by atoms with Crippen molar-refractivity contribution in [1.29, 1.82) is 0 Å². The van der Waals surface area contributed by atoms with Crippen molar-refractivity contribution in [3.8, 4) is 0 Å². The molecule has 1 aliphatic rings. The van der Waals surface area contributed by atoms with Crippen LogP contribution in [-0.2, 0) is 9.59 Å². The number of carbonyl (C=O) groups is 2. The minimum atomic E-state index is -0.912. The zero-order chi connectivity index (χ0) is 12.1. The highest BCUT2D eigenvalue weighted by Gasteiger charge is 2.23. The molecule has 92 valence electrons. The second-order valence-electron chi connectivity index (χ2n) is 4.69. The largest absolute Gasteiger partial charge is 0.480 e. The molecule has 0 aromatic heterocycles. The molecule has 0 heterocycles. The van der Waals surface area contributed by atoms with E-state index in [4.69, 9.17) is 5.11 Å². The number of amides is 1. The van der Waals surface area contributed by atoms with Gasteiger partial charge in [0, 0.05) is 6.54 Å². The summed E-state index contributed by atoms with van der Waals surface area (Å²) in [7, 11) is 0.